The van der Waals surface area contributed by atoms with Crippen LogP contribution in [0.15, 0.2) is 24.3 Å². The molecule has 1 aliphatic carbocycles. The molecular weight excluding hydrogens is 330 g/mol. The molecule has 0 saturated carbocycles. The average Bonchev–Trinajstić information content (AvgIpc) is 3.20. The number of nitrogens with one attached hydrogen (secondary N) is 1. The largest absolute Gasteiger partial charge is 0.389 e. The predicted octanol–water partition coefficient (Wildman–Crippen LogP) is 0.0358. The van der Waals surface area contributed by atoms with Gasteiger partial charge in [-0.3, -0.25) is 9.69 Å². The van der Waals surface area contributed by atoms with E-state index in [1.165, 1.54) is 11.1 Å². The highest BCUT2D eigenvalue weighted by molar-refractivity contribution is 5.73. The second kappa shape index (κ2) is 7.64. The average molecular weight is 359 g/mol. The van der Waals surface area contributed by atoms with E-state index in [4.69, 9.17) is 4.74 Å². The first-order valence-corrected chi connectivity index (χ1v) is 9.70. The van der Waals surface area contributed by atoms with Gasteiger partial charge in [0.05, 0.1) is 24.9 Å². The number of benzene rings is 1. The van der Waals surface area contributed by atoms with Gasteiger partial charge in [0.1, 0.15) is 0 Å². The van der Waals surface area contributed by atoms with Crippen molar-refractivity contribution in [2.24, 2.45) is 0 Å². The van der Waals surface area contributed by atoms with Crippen molar-refractivity contribution < 1.29 is 14.6 Å². The number of rotatable bonds is 4. The number of amides is 1. The van der Waals surface area contributed by atoms with E-state index < -0.39 is 6.10 Å². The van der Waals surface area contributed by atoms with Crippen LogP contribution in [0, 0.1) is 0 Å². The standard InChI is InChI=1S/C20H29N3O3/c1-14(24)23-8-6-22(7-9-23)12-19-20(25)18(13-26-19)21-17-10-15-4-2-3-5-16(15)11-17/h2-5,17-21,25H,6-13H2,1H3. The molecule has 2 aliphatic heterocycles. The Morgan fingerprint density at radius 1 is 1.19 bits per heavy atom. The second-order valence-corrected chi connectivity index (χ2v) is 7.82. The van der Waals surface area contributed by atoms with Gasteiger partial charge >= 0.3 is 0 Å². The molecule has 26 heavy (non-hydrogen) atoms. The van der Waals surface area contributed by atoms with E-state index >= 15 is 0 Å². The van der Waals surface area contributed by atoms with Crippen molar-refractivity contribution in [3.8, 4) is 0 Å². The minimum atomic E-state index is -0.482. The van der Waals surface area contributed by atoms with E-state index in [2.05, 4.69) is 34.5 Å². The highest BCUT2D eigenvalue weighted by Crippen LogP contribution is 2.24. The van der Waals surface area contributed by atoms with Crippen molar-refractivity contribution in [2.45, 2.75) is 44.1 Å². The Morgan fingerprint density at radius 2 is 1.85 bits per heavy atom. The number of aliphatic hydroxyl groups excluding tert-OH is 1. The quantitative estimate of drug-likeness (QED) is 0.795. The number of hydrogen-bond acceptors (Lipinski definition) is 5. The van der Waals surface area contributed by atoms with Crippen LogP contribution in [0.2, 0.25) is 0 Å². The lowest BCUT2D eigenvalue weighted by atomic mass is 10.1. The second-order valence-electron chi connectivity index (χ2n) is 7.82. The third-order valence-electron chi connectivity index (χ3n) is 6.04. The summed E-state index contributed by atoms with van der Waals surface area (Å²) in [5.41, 5.74) is 2.83. The normalized spacial score (nSPS) is 29.9. The summed E-state index contributed by atoms with van der Waals surface area (Å²) < 4.78 is 5.91. The zero-order chi connectivity index (χ0) is 18.1. The first-order chi connectivity index (χ1) is 12.6. The Morgan fingerprint density at radius 3 is 2.46 bits per heavy atom. The molecule has 0 aromatic heterocycles. The van der Waals surface area contributed by atoms with Crippen LogP contribution < -0.4 is 5.32 Å². The summed E-state index contributed by atoms with van der Waals surface area (Å²) in [7, 11) is 0. The molecule has 2 fully saturated rings. The number of ether oxygens (including phenoxy) is 1. The summed E-state index contributed by atoms with van der Waals surface area (Å²) in [6.45, 7) is 6.14. The van der Waals surface area contributed by atoms with E-state index in [9.17, 15) is 9.90 Å². The molecule has 0 bridgehead atoms. The summed E-state index contributed by atoms with van der Waals surface area (Å²) in [5, 5.41) is 14.3. The van der Waals surface area contributed by atoms with Crippen molar-refractivity contribution in [1.29, 1.82) is 0 Å². The Labute approximate surface area is 155 Å². The predicted molar refractivity (Wildman–Crippen MR) is 99.0 cm³/mol. The van der Waals surface area contributed by atoms with Crippen molar-refractivity contribution >= 4 is 5.91 Å². The lowest BCUT2D eigenvalue weighted by Crippen LogP contribution is -2.52. The summed E-state index contributed by atoms with van der Waals surface area (Å²) in [4.78, 5) is 15.6. The Kier molecular flexibility index (Phi) is 5.27. The SMILES string of the molecule is CC(=O)N1CCN(CC2OCC(NC3Cc4ccccc4C3)C2O)CC1. The van der Waals surface area contributed by atoms with Gasteiger partial charge in [0, 0.05) is 45.7 Å². The lowest BCUT2D eigenvalue weighted by Gasteiger charge is -2.35. The van der Waals surface area contributed by atoms with Gasteiger partial charge in [-0.1, -0.05) is 24.3 Å². The Hall–Kier alpha value is -1.47. The third-order valence-corrected chi connectivity index (χ3v) is 6.04. The highest BCUT2D eigenvalue weighted by Gasteiger charge is 2.38. The van der Waals surface area contributed by atoms with Crippen molar-refractivity contribution in [1.82, 2.24) is 15.1 Å². The van der Waals surface area contributed by atoms with E-state index in [0.29, 0.717) is 12.6 Å². The molecule has 3 aliphatic rings. The number of aliphatic hydroxyl groups is 1. The summed E-state index contributed by atoms with van der Waals surface area (Å²) >= 11 is 0. The molecule has 4 rings (SSSR count). The molecule has 3 unspecified atom stereocenters. The van der Waals surface area contributed by atoms with E-state index in [1.807, 2.05) is 4.90 Å². The highest BCUT2D eigenvalue weighted by atomic mass is 16.5. The van der Waals surface area contributed by atoms with Crippen LogP contribution in [0.25, 0.3) is 0 Å². The zero-order valence-corrected chi connectivity index (χ0v) is 15.4. The fourth-order valence-corrected chi connectivity index (χ4v) is 4.47. The Balaban J connectivity index is 1.25. The van der Waals surface area contributed by atoms with Crippen LogP contribution >= 0.6 is 0 Å². The number of carbonyl (C=O) groups is 1. The molecule has 0 radical (unpaired) electrons. The van der Waals surface area contributed by atoms with Crippen LogP contribution in [-0.4, -0.2) is 84.4 Å². The molecule has 6 nitrogen and oxygen atoms in total. The molecule has 142 valence electrons. The first kappa shape index (κ1) is 17.9. The third kappa shape index (κ3) is 3.78. The molecular formula is C20H29N3O3. The molecule has 6 heteroatoms. The fourth-order valence-electron chi connectivity index (χ4n) is 4.47. The summed E-state index contributed by atoms with van der Waals surface area (Å²) in [5.74, 6) is 0.142. The number of piperazine rings is 1. The molecule has 3 atom stereocenters. The molecule has 2 N–H and O–H groups in total. The number of carbonyl (C=O) groups excluding carboxylic acids is 1. The van der Waals surface area contributed by atoms with Crippen LogP contribution in [0.3, 0.4) is 0 Å². The molecule has 1 aromatic rings. The van der Waals surface area contributed by atoms with E-state index in [1.54, 1.807) is 6.92 Å². The van der Waals surface area contributed by atoms with Crippen molar-refractivity contribution in [3.63, 3.8) is 0 Å². The van der Waals surface area contributed by atoms with Gasteiger partial charge in [-0.15, -0.1) is 0 Å². The van der Waals surface area contributed by atoms with Crippen molar-refractivity contribution in [2.75, 3.05) is 39.3 Å². The smallest absolute Gasteiger partial charge is 0.219 e. The molecule has 2 heterocycles. The maximum atomic E-state index is 11.4. The molecule has 1 amide bonds. The number of nitrogens with zero attached hydrogens (tertiary/aromatic N) is 2. The maximum Gasteiger partial charge on any atom is 0.219 e. The van der Waals surface area contributed by atoms with Gasteiger partial charge in [-0.25, -0.2) is 0 Å². The number of fused-ring (bicyclic) bond motifs is 1. The maximum absolute atomic E-state index is 11.4. The van der Waals surface area contributed by atoms with Gasteiger partial charge in [-0.2, -0.15) is 0 Å². The summed E-state index contributed by atoms with van der Waals surface area (Å²) in [6, 6.07) is 8.96. The van der Waals surface area contributed by atoms with Crippen LogP contribution in [-0.2, 0) is 22.4 Å². The molecule has 1 aromatic carbocycles. The van der Waals surface area contributed by atoms with Gasteiger partial charge in [0.2, 0.25) is 5.91 Å². The van der Waals surface area contributed by atoms with Gasteiger partial charge in [0.25, 0.3) is 0 Å². The fraction of sp³-hybridized carbons (Fsp3) is 0.650. The summed E-state index contributed by atoms with van der Waals surface area (Å²) in [6.07, 6.45) is 1.42. The van der Waals surface area contributed by atoms with E-state index in [0.717, 1.165) is 45.6 Å². The minimum Gasteiger partial charge on any atom is -0.389 e. The topological polar surface area (TPSA) is 65.0 Å². The van der Waals surface area contributed by atoms with Gasteiger partial charge in [-0.05, 0) is 24.0 Å². The number of hydrogen-bond donors (Lipinski definition) is 2. The zero-order valence-electron chi connectivity index (χ0n) is 15.4. The van der Waals surface area contributed by atoms with Crippen molar-refractivity contribution in [3.05, 3.63) is 35.4 Å². The van der Waals surface area contributed by atoms with Gasteiger partial charge < -0.3 is 20.1 Å². The Bertz CT molecular complexity index is 620. The monoisotopic (exact) mass is 359 g/mol. The molecule has 0 spiro atoms. The first-order valence-electron chi connectivity index (χ1n) is 9.70. The van der Waals surface area contributed by atoms with E-state index in [-0.39, 0.29) is 18.1 Å². The van der Waals surface area contributed by atoms with Crippen LogP contribution in [0.4, 0.5) is 0 Å². The van der Waals surface area contributed by atoms with Crippen LogP contribution in [0.1, 0.15) is 18.1 Å². The lowest BCUT2D eigenvalue weighted by molar-refractivity contribution is -0.130. The minimum absolute atomic E-state index is 0.00202. The van der Waals surface area contributed by atoms with Crippen LogP contribution in [0.5, 0.6) is 0 Å². The molecule has 2 saturated heterocycles. The van der Waals surface area contributed by atoms with Gasteiger partial charge in [0.15, 0.2) is 0 Å².